The summed E-state index contributed by atoms with van der Waals surface area (Å²) in [6.07, 6.45) is 1.82. The van der Waals surface area contributed by atoms with Gasteiger partial charge in [-0.25, -0.2) is 4.98 Å². The van der Waals surface area contributed by atoms with E-state index in [1.807, 2.05) is 105 Å². The molecule has 2 aromatic heterocycles. The topological polar surface area (TPSA) is 50.9 Å². The summed E-state index contributed by atoms with van der Waals surface area (Å²) in [7, 11) is 0. The third-order valence-corrected chi connectivity index (χ3v) is 10.8. The monoisotopic (exact) mass is 752 g/mol. The molecule has 284 valence electrons. The Balaban J connectivity index is 1.41. The molecule has 0 saturated carbocycles. The SMILES string of the molecule is [2H]C([2H])([2H])c1cc(-n2c(-c3cc(C)cc(C)c3O)nc3c(-c4cc(-c5cc(-c6ccc(C([2H])(C)C)cc6)ccn5)cc(C(C)(C)C)c4)cccc32)cc(-c2ccccc2)c1C([2H])([2H])[2H]. The molecule has 6 aromatic carbocycles. The van der Waals surface area contributed by atoms with Crippen molar-refractivity contribution in [3.05, 3.63) is 167 Å². The highest BCUT2D eigenvalue weighted by molar-refractivity contribution is 5.97. The summed E-state index contributed by atoms with van der Waals surface area (Å²) in [6.45, 7) is 8.49. The zero-order valence-electron chi connectivity index (χ0n) is 40.5. The van der Waals surface area contributed by atoms with Crippen molar-refractivity contribution < 1.29 is 14.7 Å². The van der Waals surface area contributed by atoms with E-state index in [2.05, 4.69) is 45.0 Å². The Morgan fingerprint density at radius 1 is 0.667 bits per heavy atom. The largest absolute Gasteiger partial charge is 0.507 e. The Labute approximate surface area is 347 Å². The molecule has 0 radical (unpaired) electrons. The maximum absolute atomic E-state index is 11.7. The smallest absolute Gasteiger partial charge is 0.149 e. The molecule has 0 unspecified atom stereocenters. The molecule has 0 aliphatic heterocycles. The molecule has 4 heteroatoms. The van der Waals surface area contributed by atoms with Crippen LogP contribution in [-0.2, 0) is 5.41 Å². The lowest BCUT2D eigenvalue weighted by Crippen LogP contribution is -2.11. The summed E-state index contributed by atoms with van der Waals surface area (Å²) in [5, 5.41) is 11.7. The molecule has 2 heterocycles. The van der Waals surface area contributed by atoms with E-state index in [4.69, 9.17) is 19.6 Å². The molecule has 1 N–H and O–H groups in total. The van der Waals surface area contributed by atoms with Gasteiger partial charge < -0.3 is 5.11 Å². The van der Waals surface area contributed by atoms with E-state index >= 15 is 0 Å². The fourth-order valence-corrected chi connectivity index (χ4v) is 7.63. The highest BCUT2D eigenvalue weighted by Gasteiger charge is 2.24. The number of phenolic OH excluding ortho intramolecular Hbond substituents is 1. The molecule has 0 fully saturated rings. The van der Waals surface area contributed by atoms with Crippen molar-refractivity contribution in [3.63, 3.8) is 0 Å². The highest BCUT2D eigenvalue weighted by Crippen LogP contribution is 2.42. The van der Waals surface area contributed by atoms with E-state index in [0.717, 1.165) is 50.2 Å². The second-order valence-corrected chi connectivity index (χ2v) is 16.3. The minimum absolute atomic E-state index is 0.0307. The summed E-state index contributed by atoms with van der Waals surface area (Å²) in [5.41, 5.74) is 11.1. The lowest BCUT2D eigenvalue weighted by atomic mass is 9.83. The Bertz CT molecular complexity index is 3060. The number of nitrogens with zero attached hydrogens (tertiary/aromatic N) is 3. The summed E-state index contributed by atoms with van der Waals surface area (Å²) in [5.74, 6) is -0.311. The maximum Gasteiger partial charge on any atom is 0.149 e. The predicted molar refractivity (Wildman–Crippen MR) is 239 cm³/mol. The Morgan fingerprint density at radius 3 is 2.16 bits per heavy atom. The van der Waals surface area contributed by atoms with Crippen molar-refractivity contribution in [1.82, 2.24) is 14.5 Å². The number of hydrogen-bond donors (Lipinski definition) is 1. The molecule has 0 spiro atoms. The van der Waals surface area contributed by atoms with Gasteiger partial charge in [-0.05, 0) is 149 Å². The van der Waals surface area contributed by atoms with Crippen LogP contribution in [0.1, 0.15) is 83.5 Å². The summed E-state index contributed by atoms with van der Waals surface area (Å²) in [6, 6.07) is 40.4. The third kappa shape index (κ3) is 7.17. The second-order valence-electron chi connectivity index (χ2n) is 16.3. The van der Waals surface area contributed by atoms with Gasteiger partial charge in [-0.15, -0.1) is 0 Å². The molecule has 0 aliphatic rings. The number of aromatic nitrogens is 3. The highest BCUT2D eigenvalue weighted by atomic mass is 16.3. The van der Waals surface area contributed by atoms with Crippen molar-refractivity contribution in [3.8, 4) is 67.5 Å². The van der Waals surface area contributed by atoms with Gasteiger partial charge in [0.15, 0.2) is 0 Å². The number of phenols is 1. The van der Waals surface area contributed by atoms with Gasteiger partial charge in [0.2, 0.25) is 0 Å². The van der Waals surface area contributed by atoms with Gasteiger partial charge >= 0.3 is 0 Å². The molecule has 57 heavy (non-hydrogen) atoms. The van der Waals surface area contributed by atoms with Crippen LogP contribution in [0.25, 0.3) is 72.7 Å². The van der Waals surface area contributed by atoms with Gasteiger partial charge in [-0.2, -0.15) is 0 Å². The molecule has 8 aromatic rings. The molecular formula is C53H51N3O. The van der Waals surface area contributed by atoms with Gasteiger partial charge in [0.1, 0.15) is 11.6 Å². The molecule has 0 aliphatic carbocycles. The Hall–Kier alpha value is -6.26. The van der Waals surface area contributed by atoms with Crippen LogP contribution in [0.3, 0.4) is 0 Å². The first-order valence-electron chi connectivity index (χ1n) is 22.8. The minimum atomic E-state index is -2.79. The number of benzene rings is 6. The Kier molecular flexibility index (Phi) is 7.71. The predicted octanol–water partition coefficient (Wildman–Crippen LogP) is 14.1. The first-order chi connectivity index (χ1) is 30.0. The number of aryl methyl sites for hydroxylation is 3. The van der Waals surface area contributed by atoms with Crippen LogP contribution in [0.4, 0.5) is 0 Å². The second kappa shape index (κ2) is 14.7. The lowest BCUT2D eigenvalue weighted by molar-refractivity contribution is 0.472. The van der Waals surface area contributed by atoms with Crippen LogP contribution < -0.4 is 0 Å². The van der Waals surface area contributed by atoms with Gasteiger partial charge in [0.25, 0.3) is 0 Å². The van der Waals surface area contributed by atoms with E-state index in [1.165, 1.54) is 6.07 Å². The van der Waals surface area contributed by atoms with Crippen LogP contribution >= 0.6 is 0 Å². The van der Waals surface area contributed by atoms with Gasteiger partial charge in [-0.3, -0.25) is 9.55 Å². The molecule has 0 amide bonds. The molecule has 0 atom stereocenters. The molecule has 0 bridgehead atoms. The average Bonchev–Trinajstić information content (AvgIpc) is 3.63. The quantitative estimate of drug-likeness (QED) is 0.176. The minimum Gasteiger partial charge on any atom is -0.507 e. The number of para-hydroxylation sites is 1. The number of imidazole rings is 1. The average molecular weight is 753 g/mol. The van der Waals surface area contributed by atoms with Gasteiger partial charge in [0.05, 0.1) is 22.3 Å². The number of pyridine rings is 1. The van der Waals surface area contributed by atoms with E-state index in [1.54, 1.807) is 30.3 Å². The van der Waals surface area contributed by atoms with E-state index in [0.29, 0.717) is 39.2 Å². The number of aromatic hydroxyl groups is 1. The summed E-state index contributed by atoms with van der Waals surface area (Å²) >= 11 is 0. The number of fused-ring (bicyclic) bond motifs is 1. The van der Waals surface area contributed by atoms with Crippen LogP contribution in [0.2, 0.25) is 0 Å². The molecule has 4 nitrogen and oxygen atoms in total. The van der Waals surface area contributed by atoms with Gasteiger partial charge in [0, 0.05) is 32.6 Å². The van der Waals surface area contributed by atoms with E-state index in [9.17, 15) is 5.11 Å². The van der Waals surface area contributed by atoms with Crippen molar-refractivity contribution in [1.29, 1.82) is 0 Å². The van der Waals surface area contributed by atoms with Crippen LogP contribution in [0, 0.1) is 27.6 Å². The summed E-state index contributed by atoms with van der Waals surface area (Å²) < 4.78 is 62.0. The first-order valence-corrected chi connectivity index (χ1v) is 19.3. The van der Waals surface area contributed by atoms with Crippen LogP contribution in [0.5, 0.6) is 5.75 Å². The molecule has 8 rings (SSSR count). The number of rotatable bonds is 7. The molecular weight excluding hydrogens is 695 g/mol. The summed E-state index contributed by atoms with van der Waals surface area (Å²) in [4.78, 5) is 10.2. The zero-order valence-corrected chi connectivity index (χ0v) is 33.5. The zero-order chi connectivity index (χ0) is 46.1. The van der Waals surface area contributed by atoms with Gasteiger partial charge in [-0.1, -0.05) is 113 Å². The first kappa shape index (κ1) is 30.0. The number of hydrogen-bond acceptors (Lipinski definition) is 3. The fraction of sp³-hybridized carbons (Fsp3) is 0.208. The van der Waals surface area contributed by atoms with Crippen molar-refractivity contribution >= 4 is 11.0 Å². The van der Waals surface area contributed by atoms with Crippen LogP contribution in [-0.4, -0.2) is 19.6 Å². The van der Waals surface area contributed by atoms with Crippen molar-refractivity contribution in [2.75, 3.05) is 0 Å². The van der Waals surface area contributed by atoms with Crippen molar-refractivity contribution in [2.24, 2.45) is 0 Å². The van der Waals surface area contributed by atoms with Crippen LogP contribution in [0.15, 0.2) is 134 Å². The maximum atomic E-state index is 11.7. The van der Waals surface area contributed by atoms with E-state index in [-0.39, 0.29) is 27.9 Å². The molecule has 0 saturated heterocycles. The lowest BCUT2D eigenvalue weighted by Gasteiger charge is -2.22. The Morgan fingerprint density at radius 2 is 1.44 bits per heavy atom. The van der Waals surface area contributed by atoms with Crippen molar-refractivity contribution in [2.45, 2.75) is 73.5 Å². The normalized spacial score (nSPS) is 14.3. The standard InChI is InChI=1S/C53H51N3O/c1-32(2)37-18-20-38(21-19-37)40-22-23-54-48(30-40)42-27-41(28-43(29-42)53(7,8)9)45-16-13-17-49-50(45)55-52(47-25-33(3)24-35(5)51(47)57)56(49)44-26-34(4)36(6)46(31-44)39-14-11-10-12-15-39/h10-32,57H,1-9H3/i4D3,6D3,32D. The van der Waals surface area contributed by atoms with E-state index < -0.39 is 19.6 Å². The fourth-order valence-electron chi connectivity index (χ4n) is 7.63. The third-order valence-electron chi connectivity index (χ3n) is 10.8.